The summed E-state index contributed by atoms with van der Waals surface area (Å²) in [6, 6.07) is 3.06. The molecule has 0 radical (unpaired) electrons. The third-order valence-corrected chi connectivity index (χ3v) is 3.32. The fraction of sp³-hybridized carbons (Fsp3) is 0.375. The maximum atomic E-state index is 11.9. The largest absolute Gasteiger partial charge is 0.504 e. The van der Waals surface area contributed by atoms with Crippen LogP contribution in [0.5, 0.6) is 11.5 Å². The van der Waals surface area contributed by atoms with Crippen LogP contribution in [-0.4, -0.2) is 80.3 Å². The molecule has 6 N–H and O–H groups in total. The molecule has 0 spiro atoms. The third-order valence-electron chi connectivity index (χ3n) is 3.32. The van der Waals surface area contributed by atoms with Crippen LogP contribution in [-0.2, 0) is 9.59 Å². The lowest BCUT2D eigenvalue weighted by molar-refractivity contribution is -0.152. The van der Waals surface area contributed by atoms with Gasteiger partial charge in [-0.05, 0) is 23.7 Å². The van der Waals surface area contributed by atoms with E-state index < -0.39 is 48.6 Å². The van der Waals surface area contributed by atoms with E-state index >= 15 is 0 Å². The topological polar surface area (TPSA) is 165 Å². The van der Waals surface area contributed by atoms with Crippen molar-refractivity contribution >= 4 is 17.6 Å². The smallest absolute Gasteiger partial charge is 0.233 e. The number of rotatable bonds is 9. The summed E-state index contributed by atoms with van der Waals surface area (Å²) in [5.74, 6) is -3.13. The Morgan fingerprint density at radius 3 is 2.44 bits per heavy atom. The fourth-order valence-electron chi connectivity index (χ4n) is 1.82. The summed E-state index contributed by atoms with van der Waals surface area (Å²) in [7, 11) is 1.29. The zero-order chi connectivity index (χ0) is 20.0. The van der Waals surface area contributed by atoms with Crippen molar-refractivity contribution in [2.45, 2.75) is 24.4 Å². The van der Waals surface area contributed by atoms with Gasteiger partial charge in [0.05, 0.1) is 15.1 Å². The van der Waals surface area contributed by atoms with Gasteiger partial charge in [0, 0.05) is 0 Å². The van der Waals surface area contributed by atoms with E-state index in [0.29, 0.717) is 0 Å². The Balaban J connectivity index is 2.94. The number of carbonyl (C=O) groups excluding carboxylic acids is 2. The van der Waals surface area contributed by atoms with Gasteiger partial charge in [0.2, 0.25) is 11.6 Å². The maximum absolute atomic E-state index is 11.9. The molecular weight excluding hydrogens is 336 g/mol. The van der Waals surface area contributed by atoms with Crippen molar-refractivity contribution < 1.29 is 46.3 Å². The third kappa shape index (κ3) is 5.34. The molecule has 1 aromatic rings. The Morgan fingerprint density at radius 2 is 1.88 bits per heavy atom. The first-order valence-electron chi connectivity index (χ1n) is 7.61. The highest BCUT2D eigenvalue weighted by molar-refractivity contribution is 6.43. The van der Waals surface area contributed by atoms with Crippen molar-refractivity contribution in [1.82, 2.24) is 0 Å². The predicted molar refractivity (Wildman–Crippen MR) is 84.8 cm³/mol. The van der Waals surface area contributed by atoms with Gasteiger partial charge >= 0.3 is 0 Å². The Kier molecular flexibility index (Phi) is 7.04. The second-order valence-electron chi connectivity index (χ2n) is 5.09. The highest BCUT2D eigenvalue weighted by Crippen LogP contribution is 2.26. The molecule has 25 heavy (non-hydrogen) atoms. The molecule has 1 aromatic carbocycles. The molecule has 1 rings (SSSR count). The Bertz CT molecular complexity index is 688. The zero-order valence-corrected chi connectivity index (χ0v) is 13.2. The molecule has 0 aromatic heterocycles. The molecule has 9 nitrogen and oxygen atoms in total. The van der Waals surface area contributed by atoms with Gasteiger partial charge in [-0.1, -0.05) is 12.1 Å². The van der Waals surface area contributed by atoms with Crippen molar-refractivity contribution in [2.24, 2.45) is 0 Å². The van der Waals surface area contributed by atoms with Gasteiger partial charge in [-0.25, -0.2) is 0 Å². The van der Waals surface area contributed by atoms with Crippen molar-refractivity contribution in [3.63, 3.8) is 0 Å². The van der Waals surface area contributed by atoms with Crippen LogP contribution in [0.3, 0.4) is 0 Å². The molecule has 0 heterocycles. The minimum atomic E-state index is -2.40. The summed E-state index contributed by atoms with van der Waals surface area (Å²) in [5.41, 5.74) is 0.247. The number of aromatic hydroxyl groups is 1. The van der Waals surface area contributed by atoms with E-state index in [1.54, 1.807) is 0 Å². The molecule has 138 valence electrons. The first kappa shape index (κ1) is 19.0. The number of carbonyl (C=O) groups is 2. The molecule has 0 unspecified atom stereocenters. The molecule has 0 amide bonds. The molecule has 9 heteroatoms. The number of aliphatic hydroxyl groups excluding tert-OH is 5. The monoisotopic (exact) mass is 357 g/mol. The van der Waals surface area contributed by atoms with Crippen LogP contribution in [0.4, 0.5) is 0 Å². The van der Waals surface area contributed by atoms with Gasteiger partial charge in [-0.2, -0.15) is 0 Å². The Hall–Kier alpha value is -2.30. The number of phenolic OH excluding ortho intramolecular Hbond substituents is 1. The van der Waals surface area contributed by atoms with E-state index in [9.17, 15) is 35.1 Å². The fourth-order valence-corrected chi connectivity index (χ4v) is 1.82. The van der Waals surface area contributed by atoms with E-state index in [-0.39, 0.29) is 17.1 Å². The molecule has 0 fully saturated rings. The average molecular weight is 357 g/mol. The summed E-state index contributed by atoms with van der Waals surface area (Å²) in [5, 5.41) is 56.1. The highest BCUT2D eigenvalue weighted by atomic mass is 16.5. The van der Waals surface area contributed by atoms with Crippen molar-refractivity contribution in [3.8, 4) is 11.5 Å². The van der Waals surface area contributed by atoms with E-state index in [1.807, 2.05) is 0 Å². The van der Waals surface area contributed by atoms with Crippen LogP contribution in [0.2, 0.25) is 0 Å². The number of ketones is 2. The molecule has 0 aliphatic carbocycles. The van der Waals surface area contributed by atoms with Crippen LogP contribution in [0.15, 0.2) is 24.3 Å². The van der Waals surface area contributed by atoms with E-state index in [2.05, 4.69) is 0 Å². The van der Waals surface area contributed by atoms with Gasteiger partial charge in [-0.15, -0.1) is 0 Å². The summed E-state index contributed by atoms with van der Waals surface area (Å²) >= 11 is 0. The van der Waals surface area contributed by atoms with Gasteiger partial charge in [-0.3, -0.25) is 9.59 Å². The maximum Gasteiger partial charge on any atom is 0.233 e. The Labute approximate surface area is 144 Å². The molecule has 0 bridgehead atoms. The molecule has 0 saturated heterocycles. The lowest BCUT2D eigenvalue weighted by Gasteiger charge is -2.24. The highest BCUT2D eigenvalue weighted by Gasteiger charge is 2.36. The lowest BCUT2D eigenvalue weighted by atomic mass is 9.98. The number of hydrogen-bond donors (Lipinski definition) is 6. The quantitative estimate of drug-likeness (QED) is 0.216. The molecule has 0 aliphatic heterocycles. The van der Waals surface area contributed by atoms with E-state index in [1.165, 1.54) is 25.3 Å². The van der Waals surface area contributed by atoms with Crippen molar-refractivity contribution in [1.29, 1.82) is 0 Å². The van der Waals surface area contributed by atoms with Crippen LogP contribution in [0, 0.1) is 0 Å². The predicted octanol–water partition coefficient (Wildman–Crippen LogP) is -2.01. The van der Waals surface area contributed by atoms with Crippen LogP contribution >= 0.6 is 0 Å². The second-order valence-corrected chi connectivity index (χ2v) is 5.09. The van der Waals surface area contributed by atoms with Crippen molar-refractivity contribution in [3.05, 3.63) is 29.8 Å². The minimum absolute atomic E-state index is 0.0712. The molecule has 4 atom stereocenters. The van der Waals surface area contributed by atoms with E-state index in [4.69, 9.17) is 11.2 Å². The number of aliphatic hydroxyl groups is 5. The number of allylic oxidation sites excluding steroid dienone is 1. The second kappa shape index (κ2) is 9.25. The number of benzene rings is 1. The molecule has 0 saturated carbocycles. The average Bonchev–Trinajstić information content (AvgIpc) is 2.65. The number of Topliss-reactive ketones (excluding diaryl/α,β-unsaturated/α-hetero) is 1. The van der Waals surface area contributed by atoms with Gasteiger partial charge < -0.3 is 35.4 Å². The Morgan fingerprint density at radius 1 is 1.24 bits per heavy atom. The minimum Gasteiger partial charge on any atom is -0.504 e. The first-order valence-corrected chi connectivity index (χ1v) is 7.11. The van der Waals surface area contributed by atoms with Crippen molar-refractivity contribution in [2.75, 3.05) is 13.7 Å². The van der Waals surface area contributed by atoms with Gasteiger partial charge in [0.25, 0.3) is 0 Å². The van der Waals surface area contributed by atoms with Gasteiger partial charge in [0.15, 0.2) is 11.5 Å². The summed E-state index contributed by atoms with van der Waals surface area (Å²) in [6.45, 7) is -0.945. The molecular formula is C16H20O9. The SMILES string of the molecule is [2H]/C(=C\c1ccc(O)c(OC)c1)C(=O)C(=O)[C@H](O)[C@@H](O)[C@H](O)[C@H](O)CO. The molecule has 0 aliphatic rings. The zero-order valence-electron chi connectivity index (χ0n) is 14.2. The van der Waals surface area contributed by atoms with Crippen LogP contribution in [0.25, 0.3) is 6.08 Å². The first-order chi connectivity index (χ1) is 12.1. The van der Waals surface area contributed by atoms with E-state index in [0.717, 1.165) is 6.08 Å². The van der Waals surface area contributed by atoms with Crippen LogP contribution < -0.4 is 4.74 Å². The standard InChI is InChI=1S/C16H20O9/c1-25-12-6-8(2-4-9(12)18)3-5-10(19)13(21)15(23)16(24)14(22)11(20)7-17/h2-6,11,14-18,20,22-24H,7H2,1H3/b5-3+/t11-,14-,15+,16+/m1/s1/i5D. The number of ether oxygens (including phenoxy) is 1. The lowest BCUT2D eigenvalue weighted by Crippen LogP contribution is -2.49. The number of phenols is 1. The van der Waals surface area contributed by atoms with Gasteiger partial charge in [0.1, 0.15) is 24.4 Å². The van der Waals surface area contributed by atoms with Crippen LogP contribution in [0.1, 0.15) is 6.93 Å². The summed E-state index contributed by atoms with van der Waals surface area (Å²) in [6.07, 6.45) is -7.58. The summed E-state index contributed by atoms with van der Waals surface area (Å²) < 4.78 is 12.5. The number of hydrogen-bond acceptors (Lipinski definition) is 9. The normalized spacial score (nSPS) is 17.2. The summed E-state index contributed by atoms with van der Waals surface area (Å²) in [4.78, 5) is 23.8. The number of methoxy groups -OCH3 is 1.